The van der Waals surface area contributed by atoms with Crippen LogP contribution < -0.4 is 5.32 Å². The summed E-state index contributed by atoms with van der Waals surface area (Å²) in [4.78, 5) is 11.9. The molecule has 2 aromatic rings. The molecule has 21 heavy (non-hydrogen) atoms. The Morgan fingerprint density at radius 3 is 2.48 bits per heavy atom. The fourth-order valence-electron chi connectivity index (χ4n) is 1.64. The van der Waals surface area contributed by atoms with Crippen molar-refractivity contribution in [2.75, 3.05) is 5.32 Å². The van der Waals surface area contributed by atoms with E-state index in [4.69, 9.17) is 11.6 Å². The third-order valence-electron chi connectivity index (χ3n) is 2.61. The van der Waals surface area contributed by atoms with Crippen LogP contribution in [0.2, 0.25) is 5.02 Å². The highest BCUT2D eigenvalue weighted by Crippen LogP contribution is 2.33. The van der Waals surface area contributed by atoms with Crippen molar-refractivity contribution in [3.8, 4) is 0 Å². The zero-order valence-electron chi connectivity index (χ0n) is 10.5. The van der Waals surface area contributed by atoms with E-state index in [1.165, 1.54) is 18.2 Å². The van der Waals surface area contributed by atoms with Crippen molar-refractivity contribution >= 4 is 23.3 Å². The number of benzene rings is 1. The number of halogens is 5. The molecule has 0 radical (unpaired) electrons. The minimum atomic E-state index is -4.95. The van der Waals surface area contributed by atoms with Crippen LogP contribution in [-0.4, -0.2) is 15.7 Å². The smallest absolute Gasteiger partial charge is 0.304 e. The van der Waals surface area contributed by atoms with Crippen LogP contribution in [0.3, 0.4) is 0 Å². The van der Waals surface area contributed by atoms with Crippen LogP contribution in [-0.2, 0) is 13.2 Å². The molecule has 0 saturated heterocycles. The van der Waals surface area contributed by atoms with Gasteiger partial charge in [-0.1, -0.05) is 23.7 Å². The molecule has 9 heteroatoms. The van der Waals surface area contributed by atoms with Gasteiger partial charge in [-0.2, -0.15) is 18.3 Å². The van der Waals surface area contributed by atoms with Crippen molar-refractivity contribution in [1.29, 1.82) is 0 Å². The van der Waals surface area contributed by atoms with Crippen molar-refractivity contribution < 1.29 is 22.4 Å². The Kier molecular flexibility index (Phi) is 3.91. The van der Waals surface area contributed by atoms with E-state index in [9.17, 15) is 22.4 Å². The summed E-state index contributed by atoms with van der Waals surface area (Å²) >= 11 is 5.79. The molecule has 4 nitrogen and oxygen atoms in total. The quantitative estimate of drug-likeness (QED) is 0.861. The van der Waals surface area contributed by atoms with Gasteiger partial charge in [0.05, 0.1) is 10.6 Å². The molecule has 0 fully saturated rings. The number of anilines is 1. The maximum Gasteiger partial charge on any atom is 0.438 e. The highest BCUT2D eigenvalue weighted by Gasteiger charge is 2.40. The zero-order valence-corrected chi connectivity index (χ0v) is 11.3. The molecule has 1 heterocycles. The molecular weight excluding hydrogens is 314 g/mol. The van der Waals surface area contributed by atoms with Gasteiger partial charge in [-0.05, 0) is 12.1 Å². The fourth-order valence-corrected chi connectivity index (χ4v) is 1.86. The number of aryl methyl sites for hydroxylation is 1. The van der Waals surface area contributed by atoms with Gasteiger partial charge in [0, 0.05) is 7.05 Å². The Hall–Kier alpha value is -2.09. The van der Waals surface area contributed by atoms with E-state index in [1.54, 1.807) is 6.07 Å². The van der Waals surface area contributed by atoms with Crippen LogP contribution in [0, 0.1) is 5.82 Å². The number of hydrogen-bond acceptors (Lipinski definition) is 2. The highest BCUT2D eigenvalue weighted by atomic mass is 35.5. The van der Waals surface area contributed by atoms with Crippen LogP contribution in [0.15, 0.2) is 24.3 Å². The molecule has 0 aliphatic heterocycles. The monoisotopic (exact) mass is 321 g/mol. The van der Waals surface area contributed by atoms with E-state index in [-0.39, 0.29) is 10.6 Å². The van der Waals surface area contributed by atoms with Gasteiger partial charge >= 0.3 is 6.18 Å². The maximum atomic E-state index is 13.7. The third kappa shape index (κ3) is 2.99. The third-order valence-corrected chi connectivity index (χ3v) is 2.94. The van der Waals surface area contributed by atoms with Crippen molar-refractivity contribution in [1.82, 2.24) is 9.78 Å². The summed E-state index contributed by atoms with van der Waals surface area (Å²) in [5, 5.41) is 5.14. The molecule has 1 N–H and O–H groups in total. The predicted octanol–water partition coefficient (Wildman–Crippen LogP) is 3.48. The van der Waals surface area contributed by atoms with Gasteiger partial charge in [-0.3, -0.25) is 4.79 Å². The molecule has 2 rings (SSSR count). The highest BCUT2D eigenvalue weighted by molar-refractivity contribution is 6.34. The standard InChI is InChI=1S/C12H8ClF4N3O/c1-20-10(8(14)9(19-20)12(15,16)17)18-11(21)6-4-2-3-5-7(6)13/h2-5H,1H3,(H,18,21). The topological polar surface area (TPSA) is 46.9 Å². The Balaban J connectivity index is 2.35. The lowest BCUT2D eigenvalue weighted by atomic mass is 10.2. The summed E-state index contributed by atoms with van der Waals surface area (Å²) in [6.45, 7) is 0. The molecule has 0 atom stereocenters. The first-order chi connectivity index (χ1) is 9.71. The summed E-state index contributed by atoms with van der Waals surface area (Å²) in [6, 6.07) is 5.88. The number of amides is 1. The van der Waals surface area contributed by atoms with Crippen molar-refractivity contribution in [2.45, 2.75) is 6.18 Å². The number of carbonyl (C=O) groups is 1. The predicted molar refractivity (Wildman–Crippen MR) is 67.6 cm³/mol. The number of alkyl halides is 3. The second-order valence-corrected chi connectivity index (χ2v) is 4.47. The SMILES string of the molecule is Cn1nc(C(F)(F)F)c(F)c1NC(=O)c1ccccc1Cl. The van der Waals surface area contributed by atoms with Crippen LogP contribution in [0.4, 0.5) is 23.4 Å². The minimum Gasteiger partial charge on any atom is -0.304 e. The van der Waals surface area contributed by atoms with Gasteiger partial charge in [-0.25, -0.2) is 9.07 Å². The molecule has 112 valence electrons. The normalized spacial score (nSPS) is 11.5. The van der Waals surface area contributed by atoms with Gasteiger partial charge in [0.25, 0.3) is 5.91 Å². The first kappa shape index (κ1) is 15.3. The molecule has 1 aromatic heterocycles. The van der Waals surface area contributed by atoms with Gasteiger partial charge < -0.3 is 5.32 Å². The zero-order chi connectivity index (χ0) is 15.8. The van der Waals surface area contributed by atoms with Crippen LogP contribution in [0.1, 0.15) is 16.1 Å². The van der Waals surface area contributed by atoms with Crippen LogP contribution >= 0.6 is 11.6 Å². The lowest BCUT2D eigenvalue weighted by Gasteiger charge is -2.06. The lowest BCUT2D eigenvalue weighted by molar-refractivity contribution is -0.143. The number of hydrogen-bond donors (Lipinski definition) is 1. The average molecular weight is 322 g/mol. The van der Waals surface area contributed by atoms with Crippen LogP contribution in [0.5, 0.6) is 0 Å². The molecule has 0 spiro atoms. The van der Waals surface area contributed by atoms with E-state index in [2.05, 4.69) is 5.10 Å². The molecule has 1 amide bonds. The summed E-state index contributed by atoms with van der Waals surface area (Å²) in [5.74, 6) is -3.17. The lowest BCUT2D eigenvalue weighted by Crippen LogP contribution is -2.16. The molecule has 0 aliphatic carbocycles. The molecule has 0 saturated carbocycles. The fraction of sp³-hybridized carbons (Fsp3) is 0.167. The summed E-state index contributed by atoms with van der Waals surface area (Å²) in [5.41, 5.74) is -1.69. The Labute approximate surface area is 121 Å². The molecule has 0 bridgehead atoms. The largest absolute Gasteiger partial charge is 0.438 e. The van der Waals surface area contributed by atoms with Gasteiger partial charge in [0.15, 0.2) is 11.6 Å². The van der Waals surface area contributed by atoms with Crippen LogP contribution in [0.25, 0.3) is 0 Å². The molecule has 1 aromatic carbocycles. The number of nitrogens with zero attached hydrogens (tertiary/aromatic N) is 2. The summed E-state index contributed by atoms with van der Waals surface area (Å²) < 4.78 is 51.9. The minimum absolute atomic E-state index is 0.00771. The average Bonchev–Trinajstić information content (AvgIpc) is 2.67. The first-order valence-corrected chi connectivity index (χ1v) is 5.95. The summed E-state index contributed by atoms with van der Waals surface area (Å²) in [6.07, 6.45) is -4.95. The van der Waals surface area contributed by atoms with E-state index in [0.29, 0.717) is 4.68 Å². The second kappa shape index (κ2) is 5.36. The van der Waals surface area contributed by atoms with Gasteiger partial charge in [-0.15, -0.1) is 0 Å². The van der Waals surface area contributed by atoms with Gasteiger partial charge in [0.1, 0.15) is 0 Å². The number of carbonyl (C=O) groups excluding carboxylic acids is 1. The number of aromatic nitrogens is 2. The van der Waals surface area contributed by atoms with Crippen molar-refractivity contribution in [3.05, 3.63) is 46.4 Å². The molecule has 0 aliphatic rings. The van der Waals surface area contributed by atoms with E-state index in [1.807, 2.05) is 5.32 Å². The Morgan fingerprint density at radius 1 is 1.33 bits per heavy atom. The van der Waals surface area contributed by atoms with E-state index in [0.717, 1.165) is 7.05 Å². The first-order valence-electron chi connectivity index (χ1n) is 5.57. The van der Waals surface area contributed by atoms with E-state index < -0.39 is 29.4 Å². The number of rotatable bonds is 2. The Bertz CT molecular complexity index is 696. The summed E-state index contributed by atoms with van der Waals surface area (Å²) in [7, 11) is 1.08. The maximum absolute atomic E-state index is 13.7. The molecule has 0 unspecified atom stereocenters. The van der Waals surface area contributed by atoms with Crippen molar-refractivity contribution in [3.63, 3.8) is 0 Å². The number of nitrogens with one attached hydrogen (secondary N) is 1. The second-order valence-electron chi connectivity index (χ2n) is 4.07. The Morgan fingerprint density at radius 2 is 1.95 bits per heavy atom. The van der Waals surface area contributed by atoms with E-state index >= 15 is 0 Å². The molecular formula is C12H8ClF4N3O. The van der Waals surface area contributed by atoms with Gasteiger partial charge in [0.2, 0.25) is 5.69 Å². The van der Waals surface area contributed by atoms with Crippen molar-refractivity contribution in [2.24, 2.45) is 7.05 Å².